The first-order chi connectivity index (χ1) is 11.9. The lowest BCUT2D eigenvalue weighted by molar-refractivity contribution is -0.137. The zero-order chi connectivity index (χ0) is 17.9. The monoisotopic (exact) mass is 378 g/mol. The predicted molar refractivity (Wildman–Crippen MR) is 103 cm³/mol. The summed E-state index contributed by atoms with van der Waals surface area (Å²) in [6, 6.07) is 13.2. The highest BCUT2D eigenvalue weighted by Gasteiger charge is 2.29. The Morgan fingerprint density at radius 3 is 2.46 bits per heavy atom. The summed E-state index contributed by atoms with van der Waals surface area (Å²) < 4.78 is 39.6. The van der Waals surface area contributed by atoms with Gasteiger partial charge in [-0.3, -0.25) is 4.99 Å². The van der Waals surface area contributed by atoms with Gasteiger partial charge in [-0.1, -0.05) is 36.4 Å². The molecule has 26 heavy (non-hydrogen) atoms. The molecule has 0 spiro atoms. The highest BCUT2D eigenvalue weighted by Crippen LogP contribution is 2.29. The van der Waals surface area contributed by atoms with Crippen molar-refractivity contribution >= 4 is 35.6 Å². The summed E-state index contributed by atoms with van der Waals surface area (Å²) in [7, 11) is 2.00. The van der Waals surface area contributed by atoms with Crippen molar-refractivity contribution in [3.8, 4) is 0 Å². The van der Waals surface area contributed by atoms with E-state index in [4.69, 9.17) is 0 Å². The van der Waals surface area contributed by atoms with Crippen LogP contribution in [0.4, 0.5) is 13.2 Å². The average molecular weight is 379 g/mol. The number of aliphatic imine (C=N–C) groups is 1. The quantitative estimate of drug-likeness (QED) is 0.514. The van der Waals surface area contributed by atoms with Crippen molar-refractivity contribution in [2.24, 2.45) is 12.0 Å². The lowest BCUT2D eigenvalue weighted by Gasteiger charge is -2.05. The molecule has 0 radical (unpaired) electrons. The van der Waals surface area contributed by atoms with Gasteiger partial charge in [-0.2, -0.15) is 13.2 Å². The van der Waals surface area contributed by atoms with Gasteiger partial charge in [-0.05, 0) is 29.8 Å². The van der Waals surface area contributed by atoms with Crippen LogP contribution in [0, 0.1) is 0 Å². The lowest BCUT2D eigenvalue weighted by Crippen LogP contribution is -2.03. The Labute approximate surface area is 156 Å². The Hall–Kier alpha value is -2.53. The third-order valence-electron chi connectivity index (χ3n) is 3.95. The van der Waals surface area contributed by atoms with Crippen LogP contribution in [0.2, 0.25) is 0 Å². The fraction of sp³-hybridized carbons (Fsp3) is 0.150. The van der Waals surface area contributed by atoms with Gasteiger partial charge in [-0.25, -0.2) is 0 Å². The predicted octanol–water partition coefficient (Wildman–Crippen LogP) is 5.75. The van der Waals surface area contributed by atoms with Gasteiger partial charge in [0.1, 0.15) is 0 Å². The molecule has 0 N–H and O–H groups in total. The Kier molecular flexibility index (Phi) is 6.27. The molecule has 2 aromatic carbocycles. The fourth-order valence-electron chi connectivity index (χ4n) is 2.62. The molecule has 0 saturated carbocycles. The van der Waals surface area contributed by atoms with E-state index in [1.807, 2.05) is 37.7 Å². The van der Waals surface area contributed by atoms with E-state index < -0.39 is 11.7 Å². The van der Waals surface area contributed by atoms with Crippen LogP contribution < -0.4 is 0 Å². The molecule has 3 rings (SSSR count). The van der Waals surface area contributed by atoms with Gasteiger partial charge in [0.25, 0.3) is 0 Å². The van der Waals surface area contributed by atoms with E-state index in [1.165, 1.54) is 12.1 Å². The van der Waals surface area contributed by atoms with Crippen LogP contribution in [0.3, 0.4) is 0 Å². The van der Waals surface area contributed by atoms with E-state index in [0.717, 1.165) is 28.6 Å². The van der Waals surface area contributed by atoms with Crippen molar-refractivity contribution < 1.29 is 13.2 Å². The van der Waals surface area contributed by atoms with Gasteiger partial charge in [0.05, 0.1) is 12.1 Å². The Morgan fingerprint density at radius 2 is 1.77 bits per heavy atom. The van der Waals surface area contributed by atoms with Gasteiger partial charge in [0.15, 0.2) is 0 Å². The molecule has 0 amide bonds. The maximum absolute atomic E-state index is 12.5. The standard InChI is InChI=1S/C20H17F3N2.ClH/c1-25-13-11-18-16(5-2-6-19(18)25)14-24-12-3-4-15-7-9-17(10-8-15)20(21,22)23;/h2-11,13-14H,12H2,1H3;1H/b4-3+,24-14?;. The van der Waals surface area contributed by atoms with Crippen molar-refractivity contribution in [1.29, 1.82) is 0 Å². The number of rotatable bonds is 4. The van der Waals surface area contributed by atoms with E-state index in [1.54, 1.807) is 6.08 Å². The molecular weight excluding hydrogens is 361 g/mol. The molecule has 0 aliphatic rings. The molecule has 6 heteroatoms. The molecule has 0 bridgehead atoms. The molecule has 0 unspecified atom stereocenters. The van der Waals surface area contributed by atoms with Crippen LogP contribution in [0.25, 0.3) is 17.0 Å². The maximum atomic E-state index is 12.5. The van der Waals surface area contributed by atoms with Gasteiger partial charge in [-0.15, -0.1) is 12.4 Å². The summed E-state index contributed by atoms with van der Waals surface area (Å²) in [5.41, 5.74) is 2.26. The first-order valence-electron chi connectivity index (χ1n) is 7.83. The highest BCUT2D eigenvalue weighted by atomic mass is 35.5. The van der Waals surface area contributed by atoms with Crippen molar-refractivity contribution in [2.45, 2.75) is 6.18 Å². The van der Waals surface area contributed by atoms with Crippen LogP contribution in [0.15, 0.2) is 65.8 Å². The van der Waals surface area contributed by atoms with Gasteiger partial charge in [0.2, 0.25) is 0 Å². The molecule has 2 nitrogen and oxygen atoms in total. The van der Waals surface area contributed by atoms with Gasteiger partial charge >= 0.3 is 6.18 Å². The second-order valence-corrected chi connectivity index (χ2v) is 5.72. The van der Waals surface area contributed by atoms with Crippen LogP contribution >= 0.6 is 12.4 Å². The third-order valence-corrected chi connectivity index (χ3v) is 3.95. The Balaban J connectivity index is 0.00000243. The summed E-state index contributed by atoms with van der Waals surface area (Å²) in [4.78, 5) is 4.37. The fourth-order valence-corrected chi connectivity index (χ4v) is 2.62. The molecule has 3 aromatic rings. The van der Waals surface area contributed by atoms with Crippen LogP contribution in [-0.4, -0.2) is 17.3 Å². The zero-order valence-corrected chi connectivity index (χ0v) is 14.9. The molecule has 0 saturated heterocycles. The van der Waals surface area contributed by atoms with Crippen molar-refractivity contribution in [3.05, 3.63) is 77.5 Å². The van der Waals surface area contributed by atoms with Crippen molar-refractivity contribution in [1.82, 2.24) is 4.57 Å². The highest BCUT2D eigenvalue weighted by molar-refractivity contribution is 5.98. The molecule has 1 aromatic heterocycles. The number of hydrogen-bond acceptors (Lipinski definition) is 1. The molecule has 0 fully saturated rings. The topological polar surface area (TPSA) is 17.3 Å². The number of halogens is 4. The van der Waals surface area contributed by atoms with Gasteiger partial charge < -0.3 is 4.57 Å². The SMILES string of the molecule is Cl.Cn1ccc2c(C=NC/C=C/c3ccc(C(F)(F)F)cc3)cccc21. The third kappa shape index (κ3) is 4.55. The summed E-state index contributed by atoms with van der Waals surface area (Å²) in [6.45, 7) is 0.463. The maximum Gasteiger partial charge on any atom is 0.416 e. The molecule has 0 atom stereocenters. The minimum absolute atomic E-state index is 0. The smallest absolute Gasteiger partial charge is 0.351 e. The van der Waals surface area contributed by atoms with E-state index in [0.29, 0.717) is 12.1 Å². The molecule has 136 valence electrons. The number of aryl methyl sites for hydroxylation is 1. The Bertz CT molecular complexity index is 922. The van der Waals surface area contributed by atoms with Crippen LogP contribution in [-0.2, 0) is 13.2 Å². The minimum Gasteiger partial charge on any atom is -0.351 e. The molecule has 0 aliphatic carbocycles. The normalized spacial score (nSPS) is 12.2. The summed E-state index contributed by atoms with van der Waals surface area (Å²) >= 11 is 0. The Morgan fingerprint density at radius 1 is 1.04 bits per heavy atom. The minimum atomic E-state index is -4.30. The van der Waals surface area contributed by atoms with Crippen LogP contribution in [0.1, 0.15) is 16.7 Å². The first kappa shape index (κ1) is 19.8. The van der Waals surface area contributed by atoms with E-state index >= 15 is 0 Å². The van der Waals surface area contributed by atoms with Crippen molar-refractivity contribution in [3.63, 3.8) is 0 Å². The van der Waals surface area contributed by atoms with Gasteiger partial charge in [0, 0.05) is 35.9 Å². The lowest BCUT2D eigenvalue weighted by atomic mass is 10.1. The second-order valence-electron chi connectivity index (χ2n) is 5.72. The summed E-state index contributed by atoms with van der Waals surface area (Å²) in [5.74, 6) is 0. The van der Waals surface area contributed by atoms with Crippen molar-refractivity contribution in [2.75, 3.05) is 6.54 Å². The number of fused-ring (bicyclic) bond motifs is 1. The van der Waals surface area contributed by atoms with Crippen LogP contribution in [0.5, 0.6) is 0 Å². The number of aromatic nitrogens is 1. The first-order valence-corrected chi connectivity index (χ1v) is 7.83. The average Bonchev–Trinajstić information content (AvgIpc) is 2.96. The molecule has 0 aliphatic heterocycles. The molecule has 1 heterocycles. The molecular formula is C20H18ClF3N2. The zero-order valence-electron chi connectivity index (χ0n) is 14.1. The summed E-state index contributed by atoms with van der Waals surface area (Å²) in [5, 5.41) is 1.14. The summed E-state index contributed by atoms with van der Waals surface area (Å²) in [6.07, 6.45) is 3.11. The second kappa shape index (κ2) is 8.23. The number of benzene rings is 2. The largest absolute Gasteiger partial charge is 0.416 e. The number of nitrogens with zero attached hydrogens (tertiary/aromatic N) is 2. The number of alkyl halides is 3. The van der Waals surface area contributed by atoms with E-state index in [9.17, 15) is 13.2 Å². The van der Waals surface area contributed by atoms with E-state index in [2.05, 4.69) is 21.7 Å². The number of hydrogen-bond donors (Lipinski definition) is 0. The van der Waals surface area contributed by atoms with E-state index in [-0.39, 0.29) is 12.4 Å².